The van der Waals surface area contributed by atoms with Crippen molar-refractivity contribution < 1.29 is 19.1 Å². The van der Waals surface area contributed by atoms with Gasteiger partial charge in [0.15, 0.2) is 5.82 Å². The number of hydrogen-bond donors (Lipinski definition) is 2. The monoisotopic (exact) mass is 314 g/mol. The van der Waals surface area contributed by atoms with Crippen LogP contribution in [0.3, 0.4) is 0 Å². The Labute approximate surface area is 124 Å². The van der Waals surface area contributed by atoms with Crippen LogP contribution >= 0.6 is 11.6 Å². The van der Waals surface area contributed by atoms with Crippen LogP contribution < -0.4 is 5.48 Å². The summed E-state index contributed by atoms with van der Waals surface area (Å²) in [4.78, 5) is 11.7. The Kier molecular flexibility index (Phi) is 4.39. The number of hydrogen-bond acceptors (Lipinski definition) is 6. The molecule has 7 nitrogen and oxygen atoms in total. The van der Waals surface area contributed by atoms with Crippen LogP contribution in [0.4, 0.5) is 10.1 Å². The zero-order valence-corrected chi connectivity index (χ0v) is 12.0. The average molecular weight is 315 g/mol. The van der Waals surface area contributed by atoms with Crippen LogP contribution in [-0.4, -0.2) is 32.5 Å². The van der Waals surface area contributed by atoms with E-state index in [2.05, 4.69) is 10.2 Å². The number of halogens is 2. The highest BCUT2D eigenvalue weighted by atomic mass is 35.5. The van der Waals surface area contributed by atoms with E-state index >= 15 is 0 Å². The summed E-state index contributed by atoms with van der Waals surface area (Å²) in [6, 6.07) is 2.28. The molecule has 1 aromatic carbocycles. The van der Waals surface area contributed by atoms with Gasteiger partial charge in [-0.25, -0.2) is 9.18 Å². The van der Waals surface area contributed by atoms with Gasteiger partial charge in [-0.05, 0) is 13.0 Å². The summed E-state index contributed by atoms with van der Waals surface area (Å²) in [7, 11) is 1.54. The molecular formula is C12H12ClFN4O3. The molecule has 21 heavy (non-hydrogen) atoms. The van der Waals surface area contributed by atoms with E-state index in [0.29, 0.717) is 0 Å². The van der Waals surface area contributed by atoms with Crippen LogP contribution in [0.15, 0.2) is 12.1 Å². The molecule has 1 aromatic heterocycles. The van der Waals surface area contributed by atoms with Gasteiger partial charge >= 0.3 is 5.97 Å². The lowest BCUT2D eigenvalue weighted by molar-refractivity contribution is 0.0507. The average Bonchev–Trinajstić information content (AvgIpc) is 2.83. The van der Waals surface area contributed by atoms with Gasteiger partial charge in [-0.15, -0.1) is 10.2 Å². The molecule has 0 saturated carbocycles. The molecule has 0 atom stereocenters. The molecule has 2 aromatic rings. The van der Waals surface area contributed by atoms with Gasteiger partial charge in [0.1, 0.15) is 5.82 Å². The Morgan fingerprint density at radius 1 is 1.52 bits per heavy atom. The van der Waals surface area contributed by atoms with E-state index in [1.165, 1.54) is 10.6 Å². The number of carbonyl (C=O) groups excluding carboxylic acids is 1. The molecule has 0 saturated heterocycles. The van der Waals surface area contributed by atoms with E-state index in [4.69, 9.17) is 21.5 Å². The SMILES string of the molecule is CCOC(=O)c1nnc(-c2cc(Cl)c(F)cc2NO)n1C. The number of esters is 1. The third-order valence-electron chi connectivity index (χ3n) is 2.75. The molecule has 112 valence electrons. The van der Waals surface area contributed by atoms with E-state index in [-0.39, 0.29) is 34.5 Å². The molecule has 9 heteroatoms. The molecule has 0 bridgehead atoms. The normalized spacial score (nSPS) is 10.5. The van der Waals surface area contributed by atoms with Crippen molar-refractivity contribution >= 4 is 23.3 Å². The molecule has 2 rings (SSSR count). The van der Waals surface area contributed by atoms with Crippen LogP contribution in [0, 0.1) is 5.82 Å². The second-order valence-corrected chi connectivity index (χ2v) is 4.46. The Morgan fingerprint density at radius 2 is 2.24 bits per heavy atom. The molecular weight excluding hydrogens is 303 g/mol. The Bertz CT molecular complexity index is 689. The number of nitrogens with zero attached hydrogens (tertiary/aromatic N) is 3. The smallest absolute Gasteiger partial charge is 0.376 e. The van der Waals surface area contributed by atoms with Crippen molar-refractivity contribution in [3.63, 3.8) is 0 Å². The van der Waals surface area contributed by atoms with Gasteiger partial charge in [-0.2, -0.15) is 0 Å². The molecule has 0 aliphatic carbocycles. The molecule has 0 spiro atoms. The minimum atomic E-state index is -0.704. The summed E-state index contributed by atoms with van der Waals surface area (Å²) in [5.41, 5.74) is 2.19. The topological polar surface area (TPSA) is 89.3 Å². The summed E-state index contributed by atoms with van der Waals surface area (Å²) < 4.78 is 19.6. The number of nitrogens with one attached hydrogen (secondary N) is 1. The minimum Gasteiger partial charge on any atom is -0.460 e. The number of ether oxygens (including phenoxy) is 1. The van der Waals surface area contributed by atoms with Gasteiger partial charge in [0.25, 0.3) is 0 Å². The van der Waals surface area contributed by atoms with Gasteiger partial charge in [-0.1, -0.05) is 11.6 Å². The predicted octanol–water partition coefficient (Wildman–Crippen LogP) is 2.25. The maximum atomic E-state index is 13.4. The third-order valence-corrected chi connectivity index (χ3v) is 3.04. The second kappa shape index (κ2) is 6.06. The fourth-order valence-corrected chi connectivity index (χ4v) is 1.93. The standard InChI is InChI=1S/C12H12ClFN4O3/c1-3-21-12(19)11-16-15-10(18(11)2)6-4-7(13)8(14)5-9(6)17-20/h4-5,17,20H,3H2,1-2H3. The third kappa shape index (κ3) is 2.81. The molecule has 0 aliphatic heterocycles. The maximum absolute atomic E-state index is 13.4. The predicted molar refractivity (Wildman–Crippen MR) is 72.8 cm³/mol. The van der Waals surface area contributed by atoms with E-state index in [9.17, 15) is 9.18 Å². The number of aromatic nitrogens is 3. The van der Waals surface area contributed by atoms with Gasteiger partial charge in [0, 0.05) is 18.7 Å². The van der Waals surface area contributed by atoms with Gasteiger partial charge in [0.2, 0.25) is 5.82 Å². The van der Waals surface area contributed by atoms with Crippen molar-refractivity contribution in [3.8, 4) is 11.4 Å². The first-order valence-corrected chi connectivity index (χ1v) is 6.33. The lowest BCUT2D eigenvalue weighted by Gasteiger charge is -2.09. The fraction of sp³-hybridized carbons (Fsp3) is 0.250. The van der Waals surface area contributed by atoms with Crippen LogP contribution in [-0.2, 0) is 11.8 Å². The first kappa shape index (κ1) is 15.2. The summed E-state index contributed by atoms with van der Waals surface area (Å²) in [6.45, 7) is 1.87. The lowest BCUT2D eigenvalue weighted by atomic mass is 10.1. The summed E-state index contributed by atoms with van der Waals surface area (Å²) >= 11 is 5.73. The van der Waals surface area contributed by atoms with Crippen LogP contribution in [0.25, 0.3) is 11.4 Å². The van der Waals surface area contributed by atoms with Crippen molar-refractivity contribution in [1.82, 2.24) is 14.8 Å². The number of carbonyl (C=O) groups is 1. The molecule has 0 unspecified atom stereocenters. The van der Waals surface area contributed by atoms with E-state index in [0.717, 1.165) is 6.07 Å². The van der Waals surface area contributed by atoms with Crippen LogP contribution in [0.1, 0.15) is 17.5 Å². The summed E-state index contributed by atoms with van der Waals surface area (Å²) in [6.07, 6.45) is 0. The van der Waals surface area contributed by atoms with Crippen molar-refractivity contribution in [1.29, 1.82) is 0 Å². The Balaban J connectivity index is 2.53. The van der Waals surface area contributed by atoms with E-state index in [1.807, 2.05) is 5.48 Å². The summed E-state index contributed by atoms with van der Waals surface area (Å²) in [5, 5.41) is 16.5. The van der Waals surface area contributed by atoms with Crippen molar-refractivity contribution in [3.05, 3.63) is 28.8 Å². The van der Waals surface area contributed by atoms with Crippen molar-refractivity contribution in [2.45, 2.75) is 6.92 Å². The fourth-order valence-electron chi connectivity index (χ4n) is 1.76. The van der Waals surface area contributed by atoms with Crippen LogP contribution in [0.5, 0.6) is 0 Å². The quantitative estimate of drug-likeness (QED) is 0.664. The highest BCUT2D eigenvalue weighted by Gasteiger charge is 2.21. The zero-order valence-electron chi connectivity index (χ0n) is 11.2. The number of benzene rings is 1. The number of anilines is 1. The molecule has 0 aliphatic rings. The first-order chi connectivity index (χ1) is 9.99. The lowest BCUT2D eigenvalue weighted by Crippen LogP contribution is -2.12. The molecule has 1 heterocycles. The number of rotatable bonds is 4. The van der Waals surface area contributed by atoms with Crippen LogP contribution in [0.2, 0.25) is 5.02 Å². The zero-order chi connectivity index (χ0) is 15.6. The molecule has 0 radical (unpaired) electrons. The first-order valence-electron chi connectivity index (χ1n) is 5.95. The highest BCUT2D eigenvalue weighted by Crippen LogP contribution is 2.31. The molecule has 2 N–H and O–H groups in total. The van der Waals surface area contributed by atoms with E-state index < -0.39 is 11.8 Å². The minimum absolute atomic E-state index is 0.0174. The molecule has 0 fully saturated rings. The highest BCUT2D eigenvalue weighted by molar-refractivity contribution is 6.31. The second-order valence-electron chi connectivity index (χ2n) is 4.05. The van der Waals surface area contributed by atoms with Crippen molar-refractivity contribution in [2.24, 2.45) is 7.05 Å². The Hall–Kier alpha value is -2.19. The van der Waals surface area contributed by atoms with Gasteiger partial charge in [0.05, 0.1) is 17.3 Å². The maximum Gasteiger partial charge on any atom is 0.376 e. The van der Waals surface area contributed by atoms with E-state index in [1.54, 1.807) is 14.0 Å². The molecule has 0 amide bonds. The largest absolute Gasteiger partial charge is 0.460 e. The van der Waals surface area contributed by atoms with Gasteiger partial charge in [-0.3, -0.25) is 10.7 Å². The van der Waals surface area contributed by atoms with Gasteiger partial charge < -0.3 is 9.30 Å². The Morgan fingerprint density at radius 3 is 2.86 bits per heavy atom. The summed E-state index contributed by atoms with van der Waals surface area (Å²) in [5.74, 6) is -1.14. The van der Waals surface area contributed by atoms with Crippen molar-refractivity contribution in [2.75, 3.05) is 12.1 Å².